The molecule has 0 bridgehead atoms. The zero-order valence-corrected chi connectivity index (χ0v) is 30.4. The summed E-state index contributed by atoms with van der Waals surface area (Å²) in [4.78, 5) is 25.1. The predicted molar refractivity (Wildman–Crippen MR) is 162 cm³/mol. The van der Waals surface area contributed by atoms with Crippen LogP contribution in [0.4, 0.5) is 0 Å². The monoisotopic (exact) mass is 890 g/mol. The molecule has 1 aromatic carbocycles. The van der Waals surface area contributed by atoms with E-state index in [1.54, 1.807) is 13.1 Å². The summed E-state index contributed by atoms with van der Waals surface area (Å²) < 4.78 is 25.5. The van der Waals surface area contributed by atoms with Crippen molar-refractivity contribution in [3.8, 4) is 0 Å². The summed E-state index contributed by atoms with van der Waals surface area (Å²) in [6.45, 7) is 6.69. The summed E-state index contributed by atoms with van der Waals surface area (Å²) in [6, 6.07) is 9.30. The van der Waals surface area contributed by atoms with Gasteiger partial charge in [0.1, 0.15) is 3.76 Å². The molecule has 8 nitrogen and oxygen atoms in total. The first kappa shape index (κ1) is 33.0. The van der Waals surface area contributed by atoms with Gasteiger partial charge in [-0.1, -0.05) is 13.8 Å². The molecule has 1 N–H and O–H groups in total. The first-order chi connectivity index (χ1) is 17.9. The fourth-order valence-corrected chi connectivity index (χ4v) is 8.76. The molecule has 3 fully saturated rings. The van der Waals surface area contributed by atoms with Crippen LogP contribution in [0.5, 0.6) is 0 Å². The summed E-state index contributed by atoms with van der Waals surface area (Å²) in [7, 11) is -1.59. The van der Waals surface area contributed by atoms with Crippen LogP contribution in [-0.4, -0.2) is 59.0 Å². The van der Waals surface area contributed by atoms with E-state index in [1.807, 2.05) is 13.0 Å². The molecule has 39 heavy (non-hydrogen) atoms. The molecule has 3 atom stereocenters. The fourth-order valence-electron chi connectivity index (χ4n) is 5.06. The maximum absolute atomic E-state index is 13.3. The van der Waals surface area contributed by atoms with Crippen LogP contribution < -0.4 is 5.32 Å². The number of aryl methyl sites for hydroxylation is 1. The Balaban J connectivity index is 0.00000210. The molecule has 1 aromatic rings. The Morgan fingerprint density at radius 2 is 2.03 bits per heavy atom. The van der Waals surface area contributed by atoms with Crippen molar-refractivity contribution in [3.05, 3.63) is 52.1 Å². The number of likely N-dealkylation sites (tertiary alicyclic amines) is 1. The number of amides is 1. The van der Waals surface area contributed by atoms with Gasteiger partial charge in [0.15, 0.2) is 0 Å². The van der Waals surface area contributed by atoms with E-state index in [9.17, 15) is 9.36 Å². The third-order valence-electron chi connectivity index (χ3n) is 7.39. The van der Waals surface area contributed by atoms with E-state index in [4.69, 9.17) is 14.0 Å². The van der Waals surface area contributed by atoms with Gasteiger partial charge in [0.05, 0.1) is 15.4 Å². The molecular formula is C28H38IN4O4PU. The number of nitrogens with one attached hydrogen (secondary N) is 1. The van der Waals surface area contributed by atoms with Gasteiger partial charge in [-0.05, 0) is 64.7 Å². The number of aliphatic imine (C=N–C) groups is 2. The summed E-state index contributed by atoms with van der Waals surface area (Å²) >= 11 is -0.611. The van der Waals surface area contributed by atoms with Crippen LogP contribution in [0.3, 0.4) is 0 Å². The Morgan fingerprint density at radius 1 is 1.31 bits per heavy atom. The molecule has 3 unspecified atom stereocenters. The minimum absolute atomic E-state index is 0. The van der Waals surface area contributed by atoms with Crippen LogP contribution in [0.15, 0.2) is 37.5 Å². The van der Waals surface area contributed by atoms with Gasteiger partial charge >= 0.3 is 38.7 Å². The molecule has 2 aliphatic heterocycles. The molecule has 210 valence electrons. The Morgan fingerprint density at radius 3 is 2.67 bits per heavy atom. The van der Waals surface area contributed by atoms with Crippen molar-refractivity contribution in [2.75, 3.05) is 26.4 Å². The maximum atomic E-state index is 13.3. The van der Waals surface area contributed by atoms with E-state index in [0.29, 0.717) is 44.0 Å². The summed E-state index contributed by atoms with van der Waals surface area (Å²) in [6.07, 6.45) is 5.98. The average Bonchev–Trinajstić information content (AvgIpc) is 3.52. The van der Waals surface area contributed by atoms with Gasteiger partial charge in [0.2, 0.25) is 0 Å². The second kappa shape index (κ2) is 14.6. The van der Waals surface area contributed by atoms with E-state index in [0.717, 1.165) is 49.2 Å². The normalized spacial score (nSPS) is 25.8. The second-order valence-electron chi connectivity index (χ2n) is 10.1. The van der Waals surface area contributed by atoms with Crippen molar-refractivity contribution < 1.29 is 49.5 Å². The zero-order valence-electron chi connectivity index (χ0n) is 23.2. The quantitative estimate of drug-likeness (QED) is 0.154. The number of halogens is 1. The first-order valence-electron chi connectivity index (χ1n) is 13.1. The summed E-state index contributed by atoms with van der Waals surface area (Å²) in [5.41, 5.74) is 3.72. The molecule has 5 rings (SSSR count). The Hall–Kier alpha value is -0.468. The smallest absolute Gasteiger partial charge is 0.378 e. The van der Waals surface area contributed by atoms with E-state index < -0.39 is 28.3 Å². The molecule has 0 aromatic heterocycles. The third-order valence-corrected chi connectivity index (χ3v) is 12.3. The van der Waals surface area contributed by atoms with Crippen molar-refractivity contribution in [2.24, 2.45) is 21.8 Å². The van der Waals surface area contributed by atoms with Gasteiger partial charge in [0.25, 0.3) is 5.91 Å². The van der Waals surface area contributed by atoms with Crippen LogP contribution in [0, 0.1) is 63.4 Å². The van der Waals surface area contributed by atoms with Crippen molar-refractivity contribution in [3.63, 3.8) is 0 Å². The fraction of sp³-hybridized carbons (Fsp3) is 0.536. The third kappa shape index (κ3) is 8.53. The molecular weight excluding hydrogens is 852 g/mol. The van der Waals surface area contributed by atoms with E-state index in [2.05, 4.69) is 33.4 Å². The maximum Gasteiger partial charge on any atom is 2.00 e. The van der Waals surface area contributed by atoms with Gasteiger partial charge in [-0.15, -0.1) is 5.56 Å². The number of benzene rings is 1. The van der Waals surface area contributed by atoms with Gasteiger partial charge in [-0.3, -0.25) is 14.3 Å². The standard InChI is InChI=1S/C27H35IN4O4P.CH3.U/c1-4-37(34,35-3)36-23-10-8-22(9-11-23)31-26(33)24-15-30-27(32-16-20-13-21(20)17-32)28-25(24)29-14-19-7-5-6-18(2)12-19;;/h5,7,12,15,20-21,23,29H,4,8-11,13-14,16-17H2,1-3H3;1H3;/q2*-1;+2. The Labute approximate surface area is 266 Å². The summed E-state index contributed by atoms with van der Waals surface area (Å²) in [5.74, 6) is 1.44. The number of fused-ring (bicyclic) bond motifs is 1. The predicted octanol–water partition coefficient (Wildman–Crippen LogP) is 5.43. The molecule has 1 saturated heterocycles. The minimum atomic E-state index is -3.02. The number of hydrogen-bond acceptors (Lipinski definition) is 7. The average molecular weight is 891 g/mol. The first-order valence-corrected chi connectivity index (χ1v) is 16.9. The van der Waals surface area contributed by atoms with E-state index in [1.165, 1.54) is 13.5 Å². The van der Waals surface area contributed by atoms with Crippen LogP contribution in [0.2, 0.25) is 0 Å². The SMILES string of the molecule is CCP(=O)(OC)OC1CCC(=NC(=O)C2=C(NCc3cc[c-]c(C)c3)I=C(N3CC4CC4C3)N=C2)CC1.[CH3-].[U+2]. The molecule has 11 heteroatoms. The number of carbonyl (C=O) groups excluding carboxylic acids is 1. The van der Waals surface area contributed by atoms with Gasteiger partial charge in [-0.25, -0.2) is 9.98 Å². The number of piperidine rings is 1. The molecule has 0 radical (unpaired) electrons. The van der Waals surface area contributed by atoms with Crippen molar-refractivity contribution in [1.29, 1.82) is 0 Å². The summed E-state index contributed by atoms with van der Waals surface area (Å²) in [5, 5.41) is 3.58. The number of hydrogen-bond donors (Lipinski definition) is 1. The van der Waals surface area contributed by atoms with Crippen LogP contribution in [0.1, 0.15) is 50.2 Å². The molecule has 1 amide bonds. The Kier molecular flexibility index (Phi) is 12.4. The molecule has 4 aliphatic rings. The molecule has 2 aliphatic carbocycles. The second-order valence-corrected chi connectivity index (χ2v) is 15.2. The molecule has 2 heterocycles. The minimum Gasteiger partial charge on any atom is -0.378 e. The zero-order chi connectivity index (χ0) is 26.0. The Bertz CT molecular complexity index is 1210. The topological polar surface area (TPSA) is 92.6 Å². The van der Waals surface area contributed by atoms with Gasteiger partial charge in [-0.2, -0.15) is 29.8 Å². The molecule has 0 spiro atoms. The van der Waals surface area contributed by atoms with Gasteiger partial charge < -0.3 is 21.8 Å². The number of nitrogens with zero attached hydrogens (tertiary/aromatic N) is 3. The van der Waals surface area contributed by atoms with Crippen LogP contribution >= 0.6 is 28.3 Å². The van der Waals surface area contributed by atoms with Gasteiger partial charge in [0, 0.05) is 44.8 Å². The van der Waals surface area contributed by atoms with Crippen molar-refractivity contribution in [1.82, 2.24) is 10.2 Å². The molecule has 2 saturated carbocycles. The van der Waals surface area contributed by atoms with E-state index >= 15 is 0 Å². The van der Waals surface area contributed by atoms with Crippen LogP contribution in [0.25, 0.3) is 0 Å². The van der Waals surface area contributed by atoms with E-state index in [-0.39, 0.29) is 50.6 Å². The van der Waals surface area contributed by atoms with Crippen LogP contribution in [-0.2, 0) is 25.0 Å². The van der Waals surface area contributed by atoms with Crippen molar-refractivity contribution >= 4 is 49.9 Å². The number of rotatable bonds is 9. The van der Waals surface area contributed by atoms with Crippen molar-refractivity contribution in [2.45, 2.75) is 58.6 Å². The largest absolute Gasteiger partial charge is 2.00 e. The number of carbonyl (C=O) groups is 1.